The van der Waals surface area contributed by atoms with Crippen LogP contribution in [0.15, 0.2) is 12.1 Å². The molecule has 0 atom stereocenters. The third kappa shape index (κ3) is 3.32. The summed E-state index contributed by atoms with van der Waals surface area (Å²) >= 11 is 12.0. The Morgan fingerprint density at radius 2 is 2.07 bits per heavy atom. The summed E-state index contributed by atoms with van der Waals surface area (Å²) in [6, 6.07) is 3.34. The summed E-state index contributed by atoms with van der Waals surface area (Å²) in [5.41, 5.74) is 5.93. The average molecular weight is 244 g/mol. The van der Waals surface area contributed by atoms with Crippen LogP contribution < -0.4 is 10.5 Å². The quantitative estimate of drug-likeness (QED) is 0.812. The zero-order chi connectivity index (χ0) is 11.3. The largest absolute Gasteiger partial charge is 0.492 e. The number of hydrogen-bond donors (Lipinski definition) is 1. The van der Waals surface area contributed by atoms with Gasteiger partial charge in [-0.25, -0.2) is 0 Å². The highest BCUT2D eigenvalue weighted by atomic mass is 35.5. The van der Waals surface area contributed by atoms with Crippen molar-refractivity contribution < 1.29 is 4.74 Å². The normalized spacial score (nSPS) is 9.33. The standard InChI is InChI=1S/C11H11Cl2NO/c1-2-15-11-7-9(12)8(4-3-5-14)6-10(11)13/h6-7H,2,5,14H2,1H3. The van der Waals surface area contributed by atoms with Crippen molar-refractivity contribution in [1.29, 1.82) is 0 Å². The molecule has 2 N–H and O–H groups in total. The van der Waals surface area contributed by atoms with Crippen molar-refractivity contribution in [2.24, 2.45) is 5.73 Å². The first kappa shape index (κ1) is 12.2. The second kappa shape index (κ2) is 5.87. The molecule has 0 aromatic heterocycles. The van der Waals surface area contributed by atoms with Crippen LogP contribution in [0.3, 0.4) is 0 Å². The maximum Gasteiger partial charge on any atom is 0.139 e. The minimum absolute atomic E-state index is 0.293. The molecule has 1 rings (SSSR count). The minimum Gasteiger partial charge on any atom is -0.492 e. The van der Waals surface area contributed by atoms with Crippen molar-refractivity contribution >= 4 is 23.2 Å². The summed E-state index contributed by atoms with van der Waals surface area (Å²) in [7, 11) is 0. The van der Waals surface area contributed by atoms with Crippen LogP contribution in [0.5, 0.6) is 5.75 Å². The van der Waals surface area contributed by atoms with E-state index in [1.807, 2.05) is 6.92 Å². The molecule has 0 radical (unpaired) electrons. The Labute approximate surface area is 99.3 Å². The lowest BCUT2D eigenvalue weighted by Gasteiger charge is -2.06. The smallest absolute Gasteiger partial charge is 0.139 e. The molecule has 2 nitrogen and oxygen atoms in total. The third-order valence-corrected chi connectivity index (χ3v) is 2.25. The van der Waals surface area contributed by atoms with Gasteiger partial charge in [-0.05, 0) is 13.0 Å². The van der Waals surface area contributed by atoms with E-state index < -0.39 is 0 Å². The van der Waals surface area contributed by atoms with E-state index in [1.165, 1.54) is 0 Å². The first-order chi connectivity index (χ1) is 7.19. The van der Waals surface area contributed by atoms with Crippen molar-refractivity contribution in [2.45, 2.75) is 6.92 Å². The van der Waals surface area contributed by atoms with Gasteiger partial charge in [-0.2, -0.15) is 0 Å². The Kier molecular flexibility index (Phi) is 4.77. The molecule has 80 valence electrons. The fraction of sp³-hybridized carbons (Fsp3) is 0.273. The fourth-order valence-corrected chi connectivity index (χ4v) is 1.46. The number of halogens is 2. The first-order valence-electron chi connectivity index (χ1n) is 4.49. The van der Waals surface area contributed by atoms with Gasteiger partial charge in [-0.1, -0.05) is 35.0 Å². The average Bonchev–Trinajstić information content (AvgIpc) is 2.21. The van der Waals surface area contributed by atoms with Crippen molar-refractivity contribution in [3.8, 4) is 17.6 Å². The molecule has 0 heterocycles. The van der Waals surface area contributed by atoms with Crippen molar-refractivity contribution in [2.75, 3.05) is 13.2 Å². The monoisotopic (exact) mass is 243 g/mol. The molecule has 0 amide bonds. The number of ether oxygens (including phenoxy) is 1. The van der Waals surface area contributed by atoms with Gasteiger partial charge in [0.2, 0.25) is 0 Å². The predicted octanol–water partition coefficient (Wildman–Crippen LogP) is 2.70. The van der Waals surface area contributed by atoms with Crippen molar-refractivity contribution in [1.82, 2.24) is 0 Å². The Bertz CT molecular complexity index is 407. The second-order valence-corrected chi connectivity index (χ2v) is 3.52. The first-order valence-corrected chi connectivity index (χ1v) is 5.25. The molecule has 0 fully saturated rings. The molecule has 0 saturated carbocycles. The number of benzene rings is 1. The third-order valence-electron chi connectivity index (χ3n) is 1.65. The van der Waals surface area contributed by atoms with Crippen LogP contribution in [0.25, 0.3) is 0 Å². The zero-order valence-corrected chi connectivity index (χ0v) is 9.82. The molecule has 1 aromatic rings. The van der Waals surface area contributed by atoms with E-state index in [4.69, 9.17) is 33.7 Å². The van der Waals surface area contributed by atoms with Gasteiger partial charge in [-0.15, -0.1) is 0 Å². The fourth-order valence-electron chi connectivity index (χ4n) is 1.04. The maximum absolute atomic E-state index is 5.99. The van der Waals surface area contributed by atoms with Crippen molar-refractivity contribution in [3.63, 3.8) is 0 Å². The maximum atomic E-state index is 5.99. The van der Waals surface area contributed by atoms with Crippen LogP contribution in [-0.4, -0.2) is 13.2 Å². The summed E-state index contributed by atoms with van der Waals surface area (Å²) in [6.07, 6.45) is 0. The van der Waals surface area contributed by atoms with E-state index >= 15 is 0 Å². The molecule has 0 unspecified atom stereocenters. The van der Waals surface area contributed by atoms with Gasteiger partial charge in [0.15, 0.2) is 0 Å². The Morgan fingerprint density at radius 1 is 1.33 bits per heavy atom. The lowest BCUT2D eigenvalue weighted by atomic mass is 10.2. The van der Waals surface area contributed by atoms with E-state index in [2.05, 4.69) is 11.8 Å². The molecule has 0 aliphatic carbocycles. The molecule has 4 heteroatoms. The van der Waals surface area contributed by atoms with Crippen LogP contribution in [0, 0.1) is 11.8 Å². The molecule has 0 aliphatic rings. The molecular formula is C11H11Cl2NO. The van der Waals surface area contributed by atoms with E-state index in [1.54, 1.807) is 12.1 Å². The Balaban J connectivity index is 3.07. The molecule has 0 spiro atoms. The van der Waals surface area contributed by atoms with Crippen molar-refractivity contribution in [3.05, 3.63) is 27.7 Å². The SMILES string of the molecule is CCOc1cc(Cl)c(C#CCN)cc1Cl. The Hall–Kier alpha value is -0.880. The van der Waals surface area contributed by atoms with E-state index in [0.29, 0.717) is 34.5 Å². The molecule has 0 saturated heterocycles. The summed E-state index contributed by atoms with van der Waals surface area (Å²) in [4.78, 5) is 0. The molecule has 0 bridgehead atoms. The zero-order valence-electron chi connectivity index (χ0n) is 8.31. The second-order valence-electron chi connectivity index (χ2n) is 2.70. The molecule has 15 heavy (non-hydrogen) atoms. The highest BCUT2D eigenvalue weighted by molar-refractivity contribution is 6.35. The minimum atomic E-state index is 0.293. The van der Waals surface area contributed by atoms with Gasteiger partial charge in [0, 0.05) is 11.6 Å². The van der Waals surface area contributed by atoms with Gasteiger partial charge in [-0.3, -0.25) is 0 Å². The predicted molar refractivity (Wildman–Crippen MR) is 63.6 cm³/mol. The van der Waals surface area contributed by atoms with Crippen LogP contribution in [0.4, 0.5) is 0 Å². The number of nitrogens with two attached hydrogens (primary N) is 1. The number of hydrogen-bond acceptors (Lipinski definition) is 2. The highest BCUT2D eigenvalue weighted by Gasteiger charge is 2.06. The summed E-state index contributed by atoms with van der Waals surface area (Å²) in [6.45, 7) is 2.72. The van der Waals surface area contributed by atoms with Crippen LogP contribution in [-0.2, 0) is 0 Å². The van der Waals surface area contributed by atoms with Crippen LogP contribution >= 0.6 is 23.2 Å². The van der Waals surface area contributed by atoms with E-state index in [-0.39, 0.29) is 0 Å². The Morgan fingerprint density at radius 3 is 2.67 bits per heavy atom. The summed E-state index contributed by atoms with van der Waals surface area (Å²) in [5.74, 6) is 6.13. The van der Waals surface area contributed by atoms with Gasteiger partial charge in [0.25, 0.3) is 0 Å². The van der Waals surface area contributed by atoms with Crippen LogP contribution in [0.2, 0.25) is 10.0 Å². The van der Waals surface area contributed by atoms with Gasteiger partial charge in [0.1, 0.15) is 5.75 Å². The highest BCUT2D eigenvalue weighted by Crippen LogP contribution is 2.30. The topological polar surface area (TPSA) is 35.2 Å². The van der Waals surface area contributed by atoms with Crippen LogP contribution in [0.1, 0.15) is 12.5 Å². The van der Waals surface area contributed by atoms with Gasteiger partial charge in [0.05, 0.1) is 23.2 Å². The van der Waals surface area contributed by atoms with Gasteiger partial charge >= 0.3 is 0 Å². The lowest BCUT2D eigenvalue weighted by molar-refractivity contribution is 0.340. The van der Waals surface area contributed by atoms with Gasteiger partial charge < -0.3 is 10.5 Å². The lowest BCUT2D eigenvalue weighted by Crippen LogP contribution is -1.94. The molecule has 1 aromatic carbocycles. The summed E-state index contributed by atoms with van der Waals surface area (Å²) in [5, 5.41) is 1.02. The molecule has 0 aliphatic heterocycles. The van der Waals surface area contributed by atoms with E-state index in [9.17, 15) is 0 Å². The molecular weight excluding hydrogens is 233 g/mol. The summed E-state index contributed by atoms with van der Waals surface area (Å²) < 4.78 is 5.29. The van der Waals surface area contributed by atoms with E-state index in [0.717, 1.165) is 0 Å². The number of rotatable bonds is 2.